The number of nitrogens with one attached hydrogen (secondary N) is 2. The molecule has 2 N–H and O–H groups in total. The van der Waals surface area contributed by atoms with E-state index in [0.717, 1.165) is 21.4 Å². The smallest absolute Gasteiger partial charge is 0.291 e. The Bertz CT molecular complexity index is 812. The van der Waals surface area contributed by atoms with E-state index in [2.05, 4.69) is 32.6 Å². The highest BCUT2D eigenvalue weighted by Crippen LogP contribution is 2.24. The average molecular weight is 371 g/mol. The van der Waals surface area contributed by atoms with E-state index >= 15 is 0 Å². The fourth-order valence-corrected chi connectivity index (χ4v) is 2.64. The second-order valence-electron chi connectivity index (χ2n) is 5.09. The zero-order valence-corrected chi connectivity index (χ0v) is 14.1. The lowest BCUT2D eigenvalue weighted by molar-refractivity contribution is 0.0996. The van der Waals surface area contributed by atoms with Gasteiger partial charge in [-0.3, -0.25) is 4.79 Å². The topological polar surface area (TPSA) is 54.3 Å². The van der Waals surface area contributed by atoms with Gasteiger partial charge in [0.25, 0.3) is 5.91 Å². The minimum Gasteiger partial charge on any atom is -0.459 e. The summed E-state index contributed by atoms with van der Waals surface area (Å²) in [5.74, 6) is 0.0251. The van der Waals surface area contributed by atoms with Gasteiger partial charge in [-0.15, -0.1) is 0 Å². The number of hydrogen-bond donors (Lipinski definition) is 2. The first-order valence-electron chi connectivity index (χ1n) is 7.10. The number of amides is 1. The molecule has 116 valence electrons. The molecule has 0 bridgehead atoms. The fourth-order valence-electron chi connectivity index (χ4n) is 2.16. The zero-order chi connectivity index (χ0) is 16.2. The Balaban J connectivity index is 1.68. The molecule has 4 nitrogen and oxygen atoms in total. The maximum atomic E-state index is 11.9. The number of halogens is 1. The first kappa shape index (κ1) is 15.4. The van der Waals surface area contributed by atoms with Gasteiger partial charge in [-0.1, -0.05) is 15.9 Å². The van der Waals surface area contributed by atoms with Crippen molar-refractivity contribution in [1.29, 1.82) is 0 Å². The predicted octanol–water partition coefficient (Wildman–Crippen LogP) is 5.35. The second kappa shape index (κ2) is 6.71. The molecule has 1 heterocycles. The number of hydrogen-bond acceptors (Lipinski definition) is 3. The van der Waals surface area contributed by atoms with Crippen molar-refractivity contribution < 1.29 is 9.21 Å². The number of rotatable bonds is 4. The van der Waals surface area contributed by atoms with Crippen LogP contribution in [0, 0.1) is 6.92 Å². The summed E-state index contributed by atoms with van der Waals surface area (Å²) in [4.78, 5) is 11.9. The summed E-state index contributed by atoms with van der Waals surface area (Å²) in [6.45, 7) is 2.05. The van der Waals surface area contributed by atoms with E-state index in [1.165, 1.54) is 6.26 Å². The molecule has 2 aromatic carbocycles. The Hall–Kier alpha value is -2.53. The van der Waals surface area contributed by atoms with Crippen molar-refractivity contribution in [2.75, 3.05) is 10.6 Å². The number of aryl methyl sites for hydroxylation is 1. The molecular weight excluding hydrogens is 356 g/mol. The molecule has 0 unspecified atom stereocenters. The SMILES string of the molecule is Cc1cc(Br)ccc1Nc1ccc(NC(=O)c2ccco2)cc1. The number of furan rings is 1. The van der Waals surface area contributed by atoms with E-state index in [4.69, 9.17) is 4.42 Å². The zero-order valence-electron chi connectivity index (χ0n) is 12.5. The normalized spacial score (nSPS) is 10.3. The monoisotopic (exact) mass is 370 g/mol. The summed E-state index contributed by atoms with van der Waals surface area (Å²) in [5.41, 5.74) is 3.85. The van der Waals surface area contributed by atoms with Crippen LogP contribution in [0.4, 0.5) is 17.1 Å². The molecule has 23 heavy (non-hydrogen) atoms. The quantitative estimate of drug-likeness (QED) is 0.650. The molecule has 3 rings (SSSR count). The van der Waals surface area contributed by atoms with Crippen molar-refractivity contribution in [3.05, 3.63) is 76.7 Å². The Kier molecular flexibility index (Phi) is 4.48. The molecule has 0 saturated carbocycles. The molecule has 0 atom stereocenters. The van der Waals surface area contributed by atoms with E-state index in [1.54, 1.807) is 12.1 Å². The molecule has 1 amide bonds. The van der Waals surface area contributed by atoms with Gasteiger partial charge < -0.3 is 15.1 Å². The van der Waals surface area contributed by atoms with Crippen molar-refractivity contribution in [2.45, 2.75) is 6.92 Å². The Morgan fingerprint density at radius 2 is 1.78 bits per heavy atom. The van der Waals surface area contributed by atoms with Gasteiger partial charge in [-0.25, -0.2) is 0 Å². The fraction of sp³-hybridized carbons (Fsp3) is 0.0556. The molecular formula is C18H15BrN2O2. The van der Waals surface area contributed by atoms with Crippen LogP contribution in [0.5, 0.6) is 0 Å². The predicted molar refractivity (Wildman–Crippen MR) is 95.3 cm³/mol. The molecule has 3 aromatic rings. The van der Waals surface area contributed by atoms with Gasteiger partial charge >= 0.3 is 0 Å². The van der Waals surface area contributed by atoms with Crippen LogP contribution in [-0.2, 0) is 0 Å². The summed E-state index contributed by atoms with van der Waals surface area (Å²) in [7, 11) is 0. The lowest BCUT2D eigenvalue weighted by Crippen LogP contribution is -2.10. The van der Waals surface area contributed by atoms with Gasteiger partial charge in [0.05, 0.1) is 6.26 Å². The molecule has 0 aliphatic carbocycles. The summed E-state index contributed by atoms with van der Waals surface area (Å²) >= 11 is 3.45. The van der Waals surface area contributed by atoms with Gasteiger partial charge in [0.2, 0.25) is 0 Å². The lowest BCUT2D eigenvalue weighted by atomic mass is 10.2. The number of carbonyl (C=O) groups excluding carboxylic acids is 1. The van der Waals surface area contributed by atoms with Crippen LogP contribution in [0.15, 0.2) is 69.8 Å². The van der Waals surface area contributed by atoms with Crippen molar-refractivity contribution in [1.82, 2.24) is 0 Å². The minimum absolute atomic E-state index is 0.264. The van der Waals surface area contributed by atoms with Crippen LogP contribution in [0.1, 0.15) is 16.1 Å². The summed E-state index contributed by atoms with van der Waals surface area (Å²) in [6, 6.07) is 16.9. The van der Waals surface area contributed by atoms with E-state index < -0.39 is 0 Å². The van der Waals surface area contributed by atoms with Crippen LogP contribution in [0.2, 0.25) is 0 Å². The third-order valence-corrected chi connectivity index (χ3v) is 3.85. The van der Waals surface area contributed by atoms with E-state index in [-0.39, 0.29) is 11.7 Å². The van der Waals surface area contributed by atoms with Crippen LogP contribution in [0.25, 0.3) is 0 Å². The van der Waals surface area contributed by atoms with E-state index in [1.807, 2.05) is 43.3 Å². The van der Waals surface area contributed by atoms with E-state index in [9.17, 15) is 4.79 Å². The standard InChI is InChI=1S/C18H15BrN2O2/c1-12-11-13(19)4-9-16(12)20-14-5-7-15(8-6-14)21-18(22)17-3-2-10-23-17/h2-11,20H,1H3,(H,21,22). The molecule has 0 fully saturated rings. The molecule has 1 aromatic heterocycles. The highest BCUT2D eigenvalue weighted by molar-refractivity contribution is 9.10. The summed E-state index contributed by atoms with van der Waals surface area (Å²) in [6.07, 6.45) is 1.47. The maximum Gasteiger partial charge on any atom is 0.291 e. The van der Waals surface area contributed by atoms with Gasteiger partial charge in [0, 0.05) is 21.5 Å². The largest absolute Gasteiger partial charge is 0.459 e. The molecule has 0 aliphatic heterocycles. The van der Waals surface area contributed by atoms with Crippen LogP contribution in [-0.4, -0.2) is 5.91 Å². The first-order valence-corrected chi connectivity index (χ1v) is 7.89. The molecule has 0 radical (unpaired) electrons. The third-order valence-electron chi connectivity index (χ3n) is 3.36. The van der Waals surface area contributed by atoms with Crippen LogP contribution in [0.3, 0.4) is 0 Å². The second-order valence-corrected chi connectivity index (χ2v) is 6.01. The summed E-state index contributed by atoms with van der Waals surface area (Å²) < 4.78 is 6.12. The average Bonchev–Trinajstić information content (AvgIpc) is 3.06. The minimum atomic E-state index is -0.264. The van der Waals surface area contributed by atoms with Gasteiger partial charge in [0.15, 0.2) is 5.76 Å². The van der Waals surface area contributed by atoms with Crippen molar-refractivity contribution in [2.24, 2.45) is 0 Å². The number of benzene rings is 2. The van der Waals surface area contributed by atoms with Gasteiger partial charge in [0.1, 0.15) is 0 Å². The van der Waals surface area contributed by atoms with Gasteiger partial charge in [-0.05, 0) is 67.1 Å². The molecule has 0 spiro atoms. The Labute approximate surface area is 142 Å². The maximum absolute atomic E-state index is 11.9. The lowest BCUT2D eigenvalue weighted by Gasteiger charge is -2.11. The first-order chi connectivity index (χ1) is 11.1. The molecule has 0 saturated heterocycles. The van der Waals surface area contributed by atoms with Gasteiger partial charge in [-0.2, -0.15) is 0 Å². The summed E-state index contributed by atoms with van der Waals surface area (Å²) in [5, 5.41) is 6.14. The Morgan fingerprint density at radius 3 is 2.43 bits per heavy atom. The van der Waals surface area contributed by atoms with Crippen LogP contribution < -0.4 is 10.6 Å². The highest BCUT2D eigenvalue weighted by atomic mass is 79.9. The van der Waals surface area contributed by atoms with Crippen LogP contribution >= 0.6 is 15.9 Å². The van der Waals surface area contributed by atoms with Crippen molar-refractivity contribution in [3.63, 3.8) is 0 Å². The highest BCUT2D eigenvalue weighted by Gasteiger charge is 2.08. The number of anilines is 3. The molecule has 0 aliphatic rings. The third kappa shape index (κ3) is 3.81. The Morgan fingerprint density at radius 1 is 1.04 bits per heavy atom. The van der Waals surface area contributed by atoms with Crippen molar-refractivity contribution >= 4 is 38.9 Å². The molecule has 5 heteroatoms. The number of carbonyl (C=O) groups is 1. The van der Waals surface area contributed by atoms with Crippen molar-refractivity contribution in [3.8, 4) is 0 Å². The van der Waals surface area contributed by atoms with E-state index in [0.29, 0.717) is 5.69 Å².